The molecule has 1 aliphatic heterocycles. The lowest BCUT2D eigenvalue weighted by Gasteiger charge is -2.37. The third-order valence-electron chi connectivity index (χ3n) is 8.14. The zero-order valence-corrected chi connectivity index (χ0v) is 27.3. The minimum atomic E-state index is -0.490. The molecule has 258 valence electrons. The Balaban J connectivity index is 1.47. The molecule has 49 heavy (non-hydrogen) atoms. The Hall–Kier alpha value is -5.80. The Bertz CT molecular complexity index is 1950. The number of unbranched alkanes of at least 4 members (excludes halogenated alkanes) is 1. The number of hydrogen-bond acceptors (Lipinski definition) is 12. The number of carbonyl (C=O) groups is 2. The van der Waals surface area contributed by atoms with Crippen molar-refractivity contribution in [2.45, 2.75) is 39.2 Å². The molecule has 1 saturated heterocycles. The average molecular weight is 676 g/mol. The predicted octanol–water partition coefficient (Wildman–Crippen LogP) is 4.39. The summed E-state index contributed by atoms with van der Waals surface area (Å²) >= 11 is 0. The van der Waals surface area contributed by atoms with E-state index in [0.717, 1.165) is 0 Å². The topological polar surface area (TPSA) is 194 Å². The maximum absolute atomic E-state index is 14.2. The first-order valence-electron chi connectivity index (χ1n) is 15.8. The summed E-state index contributed by atoms with van der Waals surface area (Å²) in [6, 6.07) is 6.07. The highest BCUT2D eigenvalue weighted by Gasteiger charge is 2.31. The van der Waals surface area contributed by atoms with E-state index in [1.165, 1.54) is 36.4 Å². The van der Waals surface area contributed by atoms with E-state index in [1.54, 1.807) is 17.0 Å². The number of nitrogens with two attached hydrogens (primary N) is 1. The van der Waals surface area contributed by atoms with E-state index in [2.05, 4.69) is 32.1 Å². The van der Waals surface area contributed by atoms with E-state index in [0.29, 0.717) is 54.2 Å². The minimum Gasteiger partial charge on any atom is -0.507 e. The summed E-state index contributed by atoms with van der Waals surface area (Å²) in [5.41, 5.74) is 8.11. The number of piperazine rings is 1. The van der Waals surface area contributed by atoms with Crippen LogP contribution < -0.4 is 26.1 Å². The van der Waals surface area contributed by atoms with Gasteiger partial charge in [-0.15, -0.1) is 5.11 Å². The number of oxazole rings is 1. The fraction of sp³-hybridized carbons (Fsp3) is 0.364. The number of methoxy groups -OCH3 is 1. The Morgan fingerprint density at radius 1 is 1.16 bits per heavy atom. The van der Waals surface area contributed by atoms with Crippen LogP contribution in [-0.4, -0.2) is 76.3 Å². The average Bonchev–Trinajstić information content (AvgIpc) is 3.58. The van der Waals surface area contributed by atoms with Gasteiger partial charge in [-0.3, -0.25) is 18.8 Å². The number of aromatic nitrogens is 3. The van der Waals surface area contributed by atoms with Crippen molar-refractivity contribution in [3.05, 3.63) is 70.6 Å². The molecule has 3 aromatic heterocycles. The number of rotatable bonds is 13. The summed E-state index contributed by atoms with van der Waals surface area (Å²) in [5.74, 6) is -0.849. The van der Waals surface area contributed by atoms with Crippen molar-refractivity contribution >= 4 is 45.8 Å². The number of halogens is 1. The number of pyridine rings is 2. The van der Waals surface area contributed by atoms with Gasteiger partial charge < -0.3 is 39.7 Å². The monoisotopic (exact) mass is 675 g/mol. The number of alkyl halides is 1. The second-order valence-corrected chi connectivity index (χ2v) is 11.3. The van der Waals surface area contributed by atoms with Crippen molar-refractivity contribution in [3.8, 4) is 11.6 Å². The first kappa shape index (κ1) is 34.5. The molecule has 1 aromatic carbocycles. The maximum Gasteiger partial charge on any atom is 0.261 e. The van der Waals surface area contributed by atoms with Gasteiger partial charge in [0.25, 0.3) is 5.91 Å². The summed E-state index contributed by atoms with van der Waals surface area (Å²) in [4.78, 5) is 52.4. The number of nitrogens with zero attached hydrogens (tertiary/aromatic N) is 7. The number of ether oxygens (including phenoxy) is 1. The summed E-state index contributed by atoms with van der Waals surface area (Å²) in [5, 5.41) is 21.7. The molecular formula is C33H38FN9O6. The normalized spacial score (nSPS) is 13.3. The van der Waals surface area contributed by atoms with E-state index in [1.807, 2.05) is 11.8 Å². The van der Waals surface area contributed by atoms with Crippen molar-refractivity contribution in [3.63, 3.8) is 0 Å². The van der Waals surface area contributed by atoms with Gasteiger partial charge in [0.2, 0.25) is 17.2 Å². The SMILES string of the molecule is C=C(CCCCF)NC(=O)Cn1c(N)c(N=Nc2ccnc(OC)c2)c(=O)c(N2CCN(C(=O)c3c(O)ccc4ncoc34)CC2)c1CC. The molecule has 5 rings (SSSR count). The zero-order chi connectivity index (χ0) is 35.1. The molecule has 0 unspecified atom stereocenters. The number of nitrogen functional groups attached to an aromatic ring is 1. The van der Waals surface area contributed by atoms with Gasteiger partial charge in [-0.2, -0.15) is 5.11 Å². The maximum atomic E-state index is 14.2. The summed E-state index contributed by atoms with van der Waals surface area (Å²) in [6.07, 6.45) is 4.33. The molecule has 4 aromatic rings. The smallest absolute Gasteiger partial charge is 0.261 e. The summed E-state index contributed by atoms with van der Waals surface area (Å²) in [7, 11) is 1.46. The number of nitrogens with one attached hydrogen (secondary N) is 1. The van der Waals surface area contributed by atoms with E-state index in [9.17, 15) is 23.9 Å². The molecule has 0 spiro atoms. The Morgan fingerprint density at radius 3 is 2.65 bits per heavy atom. The van der Waals surface area contributed by atoms with E-state index >= 15 is 0 Å². The highest BCUT2D eigenvalue weighted by atomic mass is 19.1. The number of phenols is 1. The second-order valence-electron chi connectivity index (χ2n) is 11.3. The van der Waals surface area contributed by atoms with Gasteiger partial charge in [0.05, 0.1) is 19.5 Å². The molecule has 4 heterocycles. The molecule has 2 amide bonds. The fourth-order valence-electron chi connectivity index (χ4n) is 5.69. The van der Waals surface area contributed by atoms with Crippen LogP contribution in [0, 0.1) is 0 Å². The van der Waals surface area contributed by atoms with E-state index < -0.39 is 23.9 Å². The fourth-order valence-corrected chi connectivity index (χ4v) is 5.69. The number of phenolic OH excluding ortho intramolecular Hbond substituents is 1. The number of carbonyl (C=O) groups excluding carboxylic acids is 2. The van der Waals surface area contributed by atoms with Crippen LogP contribution in [0.25, 0.3) is 11.1 Å². The number of anilines is 2. The molecule has 16 heteroatoms. The van der Waals surface area contributed by atoms with Crippen LogP contribution in [0.15, 0.2) is 68.6 Å². The summed E-state index contributed by atoms with van der Waals surface area (Å²) in [6.45, 7) is 5.93. The summed E-state index contributed by atoms with van der Waals surface area (Å²) < 4.78 is 24.6. The standard InChI is InChI=1S/C33H38FN9O6/c1-4-23-29(41-13-15-42(16-14-41)33(47)27-24(44)9-8-22-31(27)49-19-37-22)30(46)28(40-39-21-10-12-36-26(17-21)48-3)32(35)43(23)18-25(45)38-20(2)7-5-6-11-34/h8-10,12,17,19,44H,2,4-7,11,13-16,18,35H2,1,3H3,(H,38,45). The van der Waals surface area contributed by atoms with Gasteiger partial charge in [-0.05, 0) is 43.9 Å². The van der Waals surface area contributed by atoms with Crippen LogP contribution in [0.5, 0.6) is 11.6 Å². The molecule has 0 radical (unpaired) electrons. The molecular weight excluding hydrogens is 637 g/mol. The lowest BCUT2D eigenvalue weighted by Crippen LogP contribution is -2.50. The van der Waals surface area contributed by atoms with Gasteiger partial charge in [0.15, 0.2) is 17.7 Å². The highest BCUT2D eigenvalue weighted by molar-refractivity contribution is 6.06. The third kappa shape index (κ3) is 7.52. The Morgan fingerprint density at radius 2 is 1.94 bits per heavy atom. The number of hydrogen-bond donors (Lipinski definition) is 3. The molecule has 0 atom stereocenters. The number of amides is 2. The van der Waals surface area contributed by atoms with Crippen LogP contribution in [0.3, 0.4) is 0 Å². The van der Waals surface area contributed by atoms with Crippen LogP contribution >= 0.6 is 0 Å². The van der Waals surface area contributed by atoms with E-state index in [4.69, 9.17) is 14.9 Å². The number of aromatic hydroxyl groups is 1. The van der Waals surface area contributed by atoms with Crippen LogP contribution in [0.2, 0.25) is 0 Å². The van der Waals surface area contributed by atoms with Crippen molar-refractivity contribution in [1.82, 2.24) is 24.8 Å². The number of fused-ring (bicyclic) bond motifs is 1. The first-order valence-corrected chi connectivity index (χ1v) is 15.8. The second kappa shape index (κ2) is 15.4. The molecule has 0 saturated carbocycles. The van der Waals surface area contributed by atoms with Gasteiger partial charge in [0.1, 0.15) is 34.9 Å². The lowest BCUT2D eigenvalue weighted by molar-refractivity contribution is -0.121. The number of allylic oxidation sites excluding steroid dienone is 1. The predicted molar refractivity (Wildman–Crippen MR) is 180 cm³/mol. The van der Waals surface area contributed by atoms with Crippen LogP contribution in [-0.2, 0) is 17.8 Å². The van der Waals surface area contributed by atoms with Gasteiger partial charge in [0, 0.05) is 49.8 Å². The molecule has 1 aliphatic rings. The third-order valence-corrected chi connectivity index (χ3v) is 8.14. The van der Waals surface area contributed by atoms with Crippen molar-refractivity contribution in [1.29, 1.82) is 0 Å². The van der Waals surface area contributed by atoms with Gasteiger partial charge in [-0.1, -0.05) is 13.5 Å². The lowest BCUT2D eigenvalue weighted by atomic mass is 10.1. The van der Waals surface area contributed by atoms with Crippen molar-refractivity contribution < 1.29 is 28.2 Å². The number of benzene rings is 1. The molecule has 0 aliphatic carbocycles. The Labute approximate surface area is 280 Å². The van der Waals surface area contributed by atoms with Crippen molar-refractivity contribution in [2.24, 2.45) is 10.2 Å². The quantitative estimate of drug-likeness (QED) is 0.135. The number of azo groups is 1. The minimum absolute atomic E-state index is 0.0141. The van der Waals surface area contributed by atoms with Gasteiger partial charge in [-0.25, -0.2) is 9.97 Å². The molecule has 4 N–H and O–H groups in total. The first-order chi connectivity index (χ1) is 23.7. The largest absolute Gasteiger partial charge is 0.507 e. The Kier molecular flexibility index (Phi) is 10.9. The van der Waals surface area contributed by atoms with Gasteiger partial charge >= 0.3 is 0 Å². The molecule has 1 fully saturated rings. The zero-order valence-electron chi connectivity index (χ0n) is 27.3. The van der Waals surface area contributed by atoms with Crippen molar-refractivity contribution in [2.75, 3.05) is 50.6 Å². The van der Waals surface area contributed by atoms with Crippen LogP contribution in [0.4, 0.5) is 27.3 Å². The molecule has 15 nitrogen and oxygen atoms in total. The van der Waals surface area contributed by atoms with Crippen LogP contribution in [0.1, 0.15) is 42.2 Å². The molecule has 0 bridgehead atoms. The van der Waals surface area contributed by atoms with E-state index in [-0.39, 0.29) is 66.8 Å². The highest BCUT2D eigenvalue weighted by Crippen LogP contribution is 2.32.